The Morgan fingerprint density at radius 1 is 0.917 bits per heavy atom. The molecule has 24 heavy (non-hydrogen) atoms. The van der Waals surface area contributed by atoms with Crippen molar-refractivity contribution >= 4 is 21.5 Å². The molecule has 0 saturated heterocycles. The maximum absolute atomic E-state index is 6.28. The lowest BCUT2D eigenvalue weighted by atomic mass is 9.77. The molecule has 0 saturated carbocycles. The summed E-state index contributed by atoms with van der Waals surface area (Å²) in [6, 6.07) is 8.53. The van der Waals surface area contributed by atoms with Crippen LogP contribution in [-0.2, 0) is 4.74 Å². The highest BCUT2D eigenvalue weighted by molar-refractivity contribution is 9.10. The summed E-state index contributed by atoms with van der Waals surface area (Å²) in [5.74, 6) is 1.28. The number of ether oxygens (including phenoxy) is 1. The Morgan fingerprint density at radius 3 is 2.62 bits per heavy atom. The first-order chi connectivity index (χ1) is 11.8. The third kappa shape index (κ3) is 2.06. The van der Waals surface area contributed by atoms with Crippen LogP contribution in [0.5, 0.6) is 0 Å². The van der Waals surface area contributed by atoms with Crippen molar-refractivity contribution in [1.82, 2.24) is 0 Å². The molecule has 0 fully saturated rings. The lowest BCUT2D eigenvalue weighted by Gasteiger charge is -2.27. The van der Waals surface area contributed by atoms with Gasteiger partial charge < -0.3 is 4.74 Å². The van der Waals surface area contributed by atoms with Gasteiger partial charge in [-0.3, -0.25) is 0 Å². The third-order valence-electron chi connectivity index (χ3n) is 4.86. The van der Waals surface area contributed by atoms with E-state index < -0.39 is 0 Å². The van der Waals surface area contributed by atoms with Gasteiger partial charge in [0.25, 0.3) is 0 Å². The molecule has 0 amide bonds. The predicted molar refractivity (Wildman–Crippen MR) is 101 cm³/mol. The second-order valence-electron chi connectivity index (χ2n) is 6.27. The second-order valence-corrected chi connectivity index (χ2v) is 7.18. The zero-order chi connectivity index (χ0) is 16.1. The van der Waals surface area contributed by atoms with Gasteiger partial charge in [-0.25, -0.2) is 0 Å². The molecule has 1 aromatic rings. The molecular weight excluding hydrogens is 360 g/mol. The molecule has 4 aliphatic rings. The van der Waals surface area contributed by atoms with Crippen LogP contribution in [0.4, 0.5) is 0 Å². The van der Waals surface area contributed by atoms with Crippen LogP contribution in [-0.4, -0.2) is 6.10 Å². The molecule has 2 atom stereocenters. The van der Waals surface area contributed by atoms with E-state index in [-0.39, 0.29) is 12.0 Å². The van der Waals surface area contributed by atoms with Gasteiger partial charge in [-0.15, -0.1) is 0 Å². The fourth-order valence-electron chi connectivity index (χ4n) is 3.77. The standard InChI is InChI=1S/C22H15BrO/c23-15-7-5-6-14(12-15)19-13-20-17-9-3-4-11-21(17)24-22(20)18-10-2-1-8-16(18)19/h1-13,16,21H. The average molecular weight is 375 g/mol. The fourth-order valence-corrected chi connectivity index (χ4v) is 4.17. The number of rotatable bonds is 1. The maximum Gasteiger partial charge on any atom is 0.143 e. The summed E-state index contributed by atoms with van der Waals surface area (Å²) in [7, 11) is 0. The second kappa shape index (κ2) is 5.35. The van der Waals surface area contributed by atoms with Crippen LogP contribution in [0.2, 0.25) is 0 Å². The SMILES string of the molecule is Brc1cccc(C2=CC3=C4C=CC=CC4OC3=C3C=CC=CC23)c1. The molecule has 116 valence electrons. The van der Waals surface area contributed by atoms with E-state index in [2.05, 4.69) is 94.9 Å². The zero-order valence-corrected chi connectivity index (χ0v) is 14.5. The Labute approximate surface area is 149 Å². The van der Waals surface area contributed by atoms with Gasteiger partial charge in [0.2, 0.25) is 0 Å². The lowest BCUT2D eigenvalue weighted by Crippen LogP contribution is -2.13. The van der Waals surface area contributed by atoms with E-state index in [1.165, 1.54) is 27.9 Å². The minimum atomic E-state index is 0.0468. The van der Waals surface area contributed by atoms with E-state index in [1.807, 2.05) is 0 Å². The van der Waals surface area contributed by atoms with Crippen LogP contribution in [0.25, 0.3) is 5.57 Å². The van der Waals surface area contributed by atoms with Crippen LogP contribution >= 0.6 is 15.9 Å². The summed E-state index contributed by atoms with van der Waals surface area (Å²) in [5.41, 5.74) is 6.31. The van der Waals surface area contributed by atoms with Crippen molar-refractivity contribution < 1.29 is 4.74 Å². The lowest BCUT2D eigenvalue weighted by molar-refractivity contribution is 0.210. The van der Waals surface area contributed by atoms with Gasteiger partial charge in [-0.2, -0.15) is 0 Å². The monoisotopic (exact) mass is 374 g/mol. The van der Waals surface area contributed by atoms with Crippen LogP contribution in [0.1, 0.15) is 5.56 Å². The van der Waals surface area contributed by atoms with Crippen molar-refractivity contribution in [3.05, 3.63) is 111 Å². The van der Waals surface area contributed by atoms with E-state index in [4.69, 9.17) is 4.74 Å². The first-order valence-electron chi connectivity index (χ1n) is 8.14. The maximum atomic E-state index is 6.28. The van der Waals surface area contributed by atoms with Crippen molar-refractivity contribution in [2.24, 2.45) is 5.92 Å². The third-order valence-corrected chi connectivity index (χ3v) is 5.35. The molecule has 0 N–H and O–H groups in total. The van der Waals surface area contributed by atoms with Gasteiger partial charge in [0.1, 0.15) is 11.9 Å². The highest BCUT2D eigenvalue weighted by Crippen LogP contribution is 2.47. The van der Waals surface area contributed by atoms with Crippen LogP contribution < -0.4 is 0 Å². The quantitative estimate of drug-likeness (QED) is 0.615. The van der Waals surface area contributed by atoms with Gasteiger partial charge in [-0.05, 0) is 35.4 Å². The molecule has 5 rings (SSSR count). The van der Waals surface area contributed by atoms with E-state index in [0.717, 1.165) is 10.2 Å². The molecule has 1 aromatic carbocycles. The smallest absolute Gasteiger partial charge is 0.143 e. The van der Waals surface area contributed by atoms with Gasteiger partial charge >= 0.3 is 0 Å². The molecule has 2 unspecified atom stereocenters. The molecule has 0 spiro atoms. The topological polar surface area (TPSA) is 9.23 Å². The molecular formula is C22H15BrO. The van der Waals surface area contributed by atoms with Gasteiger partial charge in [0, 0.05) is 27.1 Å². The Balaban J connectivity index is 1.74. The Morgan fingerprint density at radius 2 is 1.75 bits per heavy atom. The van der Waals surface area contributed by atoms with E-state index in [1.54, 1.807) is 0 Å². The minimum absolute atomic E-state index is 0.0468. The number of hydrogen-bond acceptors (Lipinski definition) is 1. The fraction of sp³-hybridized carbons (Fsp3) is 0.0909. The van der Waals surface area contributed by atoms with Gasteiger partial charge in [0.05, 0.1) is 0 Å². The molecule has 1 heterocycles. The van der Waals surface area contributed by atoms with Gasteiger partial charge in [-0.1, -0.05) is 70.6 Å². The highest BCUT2D eigenvalue weighted by Gasteiger charge is 2.36. The largest absolute Gasteiger partial charge is 0.481 e. The number of hydrogen-bond donors (Lipinski definition) is 0. The van der Waals surface area contributed by atoms with Crippen molar-refractivity contribution in [3.63, 3.8) is 0 Å². The predicted octanol–water partition coefficient (Wildman–Crippen LogP) is 5.66. The van der Waals surface area contributed by atoms with Crippen molar-refractivity contribution in [3.8, 4) is 0 Å². The highest BCUT2D eigenvalue weighted by atomic mass is 79.9. The van der Waals surface area contributed by atoms with E-state index in [0.29, 0.717) is 0 Å². The van der Waals surface area contributed by atoms with Crippen molar-refractivity contribution in [2.45, 2.75) is 6.10 Å². The first-order valence-corrected chi connectivity index (χ1v) is 8.93. The number of fused-ring (bicyclic) bond motifs is 3. The van der Waals surface area contributed by atoms with Crippen molar-refractivity contribution in [1.29, 1.82) is 0 Å². The summed E-state index contributed by atoms with van der Waals surface area (Å²) in [6.45, 7) is 0. The summed E-state index contributed by atoms with van der Waals surface area (Å²) in [6.07, 6.45) is 19.5. The molecule has 0 bridgehead atoms. The van der Waals surface area contributed by atoms with Crippen LogP contribution in [0, 0.1) is 5.92 Å². The summed E-state index contributed by atoms with van der Waals surface area (Å²) in [4.78, 5) is 0. The normalized spacial score (nSPS) is 26.1. The molecule has 1 aliphatic heterocycles. The summed E-state index contributed by atoms with van der Waals surface area (Å²) < 4.78 is 7.38. The van der Waals surface area contributed by atoms with Crippen LogP contribution in [0.15, 0.2) is 106 Å². The number of halogens is 1. The average Bonchev–Trinajstić information content (AvgIpc) is 3.00. The molecule has 1 nitrogen and oxygen atoms in total. The van der Waals surface area contributed by atoms with Crippen LogP contribution in [0.3, 0.4) is 0 Å². The molecule has 2 heteroatoms. The minimum Gasteiger partial charge on any atom is -0.481 e. The Bertz CT molecular complexity index is 950. The van der Waals surface area contributed by atoms with Gasteiger partial charge in [0.15, 0.2) is 0 Å². The van der Waals surface area contributed by atoms with E-state index >= 15 is 0 Å². The number of benzene rings is 1. The first kappa shape index (κ1) is 14.1. The molecule has 0 radical (unpaired) electrons. The van der Waals surface area contributed by atoms with E-state index in [9.17, 15) is 0 Å². The Kier molecular flexibility index (Phi) is 3.14. The van der Waals surface area contributed by atoms with Crippen molar-refractivity contribution in [2.75, 3.05) is 0 Å². The number of allylic oxidation sites excluding steroid dienone is 9. The zero-order valence-electron chi connectivity index (χ0n) is 12.9. The summed E-state index contributed by atoms with van der Waals surface area (Å²) in [5, 5.41) is 0. The molecule has 3 aliphatic carbocycles. The Hall–Kier alpha value is -2.32. The summed E-state index contributed by atoms with van der Waals surface area (Å²) >= 11 is 3.60. The molecule has 0 aromatic heterocycles.